The summed E-state index contributed by atoms with van der Waals surface area (Å²) in [4.78, 5) is 39.6. The standard InChI is InChI=1S/C22H25N3O6/c1-4-23(5-2)12-13-24-19(17-11-6-14(3)31-17)18(21(27)22(24)28)20(26)15-7-9-16(10-8-15)25(29)30/h6-11,19,26H,4-5,12-13H2,1-3H3/b20-18-. The number of aliphatic hydroxyl groups is 1. The van der Waals surface area contributed by atoms with Crippen LogP contribution in [0.4, 0.5) is 5.69 Å². The summed E-state index contributed by atoms with van der Waals surface area (Å²) in [6.45, 7) is 8.23. The number of non-ortho nitro benzene ring substituents is 1. The predicted octanol–water partition coefficient (Wildman–Crippen LogP) is 3.26. The first-order valence-corrected chi connectivity index (χ1v) is 10.1. The summed E-state index contributed by atoms with van der Waals surface area (Å²) in [6.07, 6.45) is 0. The Morgan fingerprint density at radius 3 is 2.32 bits per heavy atom. The minimum Gasteiger partial charge on any atom is -0.507 e. The van der Waals surface area contributed by atoms with Gasteiger partial charge in [-0.05, 0) is 44.3 Å². The molecule has 0 radical (unpaired) electrons. The van der Waals surface area contributed by atoms with Crippen molar-refractivity contribution in [3.05, 3.63) is 69.2 Å². The van der Waals surface area contributed by atoms with Gasteiger partial charge in [0.15, 0.2) is 0 Å². The smallest absolute Gasteiger partial charge is 0.295 e. The molecule has 2 heterocycles. The van der Waals surface area contributed by atoms with Gasteiger partial charge in [-0.25, -0.2) is 0 Å². The number of aryl methyl sites for hydroxylation is 1. The molecular formula is C22H25N3O6. The van der Waals surface area contributed by atoms with Gasteiger partial charge in [0.1, 0.15) is 23.3 Å². The molecule has 9 heteroatoms. The number of carbonyl (C=O) groups excluding carboxylic acids is 2. The van der Waals surface area contributed by atoms with Crippen LogP contribution >= 0.6 is 0 Å². The normalized spacial score (nSPS) is 18.2. The fraction of sp³-hybridized carbons (Fsp3) is 0.364. The zero-order valence-electron chi connectivity index (χ0n) is 17.7. The fourth-order valence-electron chi connectivity index (χ4n) is 3.69. The lowest BCUT2D eigenvalue weighted by Gasteiger charge is -2.26. The number of nitro benzene ring substituents is 1. The molecule has 1 aliphatic rings. The van der Waals surface area contributed by atoms with Crippen LogP contribution in [0.3, 0.4) is 0 Å². The van der Waals surface area contributed by atoms with Crippen molar-refractivity contribution in [1.29, 1.82) is 0 Å². The number of likely N-dealkylation sites (tertiary alicyclic amines) is 1. The highest BCUT2D eigenvalue weighted by Crippen LogP contribution is 2.40. The minimum absolute atomic E-state index is 0.0900. The molecule has 0 aliphatic carbocycles. The molecule has 164 valence electrons. The van der Waals surface area contributed by atoms with Gasteiger partial charge in [0.2, 0.25) is 0 Å². The maximum absolute atomic E-state index is 12.9. The van der Waals surface area contributed by atoms with Crippen molar-refractivity contribution in [2.24, 2.45) is 0 Å². The third-order valence-electron chi connectivity index (χ3n) is 5.47. The van der Waals surface area contributed by atoms with Gasteiger partial charge in [-0.1, -0.05) is 13.8 Å². The van der Waals surface area contributed by atoms with Crippen molar-refractivity contribution in [2.45, 2.75) is 26.8 Å². The second-order valence-corrected chi connectivity index (χ2v) is 7.27. The highest BCUT2D eigenvalue weighted by molar-refractivity contribution is 6.46. The molecule has 1 fully saturated rings. The number of Topliss-reactive ketones (excluding diaryl/α,β-unsaturated/α-hetero) is 1. The number of ketones is 1. The third-order valence-corrected chi connectivity index (χ3v) is 5.47. The third kappa shape index (κ3) is 4.36. The van der Waals surface area contributed by atoms with Crippen molar-refractivity contribution < 1.29 is 24.0 Å². The van der Waals surface area contributed by atoms with Gasteiger partial charge in [0.25, 0.3) is 17.4 Å². The van der Waals surface area contributed by atoms with E-state index in [9.17, 15) is 24.8 Å². The molecule has 1 saturated heterocycles. The second kappa shape index (κ2) is 9.13. The highest BCUT2D eigenvalue weighted by Gasteiger charge is 2.47. The monoisotopic (exact) mass is 427 g/mol. The summed E-state index contributed by atoms with van der Waals surface area (Å²) in [5.41, 5.74) is -0.0252. The van der Waals surface area contributed by atoms with E-state index in [1.54, 1.807) is 19.1 Å². The van der Waals surface area contributed by atoms with Crippen LogP contribution in [0.15, 0.2) is 46.4 Å². The summed E-state index contributed by atoms with van der Waals surface area (Å²) < 4.78 is 5.73. The molecule has 3 rings (SSSR count). The highest BCUT2D eigenvalue weighted by atomic mass is 16.6. The van der Waals surface area contributed by atoms with Crippen LogP contribution in [0.1, 0.15) is 37.0 Å². The van der Waals surface area contributed by atoms with E-state index < -0.39 is 28.4 Å². The van der Waals surface area contributed by atoms with E-state index in [-0.39, 0.29) is 23.4 Å². The zero-order valence-corrected chi connectivity index (χ0v) is 17.7. The van der Waals surface area contributed by atoms with Crippen LogP contribution < -0.4 is 0 Å². The molecule has 0 saturated carbocycles. The number of benzene rings is 1. The molecule has 0 spiro atoms. The van der Waals surface area contributed by atoms with Gasteiger partial charge in [0.05, 0.1) is 10.5 Å². The minimum atomic E-state index is -0.876. The quantitative estimate of drug-likeness (QED) is 0.226. The van der Waals surface area contributed by atoms with Crippen LogP contribution in [0, 0.1) is 17.0 Å². The van der Waals surface area contributed by atoms with E-state index >= 15 is 0 Å². The Labute approximate surface area is 179 Å². The van der Waals surface area contributed by atoms with Crippen LogP contribution in [0.25, 0.3) is 5.76 Å². The SMILES string of the molecule is CCN(CC)CCN1C(=O)C(=O)/C(=C(\O)c2ccc([N+](=O)[O-])cc2)C1c1ccc(C)o1. The van der Waals surface area contributed by atoms with Gasteiger partial charge < -0.3 is 19.3 Å². The first kappa shape index (κ1) is 22.2. The number of hydrogen-bond donors (Lipinski definition) is 1. The van der Waals surface area contributed by atoms with E-state index in [0.717, 1.165) is 13.1 Å². The number of rotatable bonds is 8. The lowest BCUT2D eigenvalue weighted by atomic mass is 9.99. The largest absolute Gasteiger partial charge is 0.507 e. The fourth-order valence-corrected chi connectivity index (χ4v) is 3.69. The topological polar surface area (TPSA) is 117 Å². The van der Waals surface area contributed by atoms with E-state index in [0.29, 0.717) is 18.1 Å². The van der Waals surface area contributed by atoms with E-state index in [1.165, 1.54) is 29.2 Å². The Morgan fingerprint density at radius 2 is 1.81 bits per heavy atom. The average molecular weight is 427 g/mol. The molecule has 1 amide bonds. The summed E-state index contributed by atoms with van der Waals surface area (Å²) in [7, 11) is 0. The summed E-state index contributed by atoms with van der Waals surface area (Å²) in [5.74, 6) is -0.930. The van der Waals surface area contributed by atoms with Gasteiger partial charge >= 0.3 is 0 Å². The number of nitro groups is 1. The van der Waals surface area contributed by atoms with Crippen LogP contribution in [-0.2, 0) is 9.59 Å². The Morgan fingerprint density at radius 1 is 1.16 bits per heavy atom. The molecule has 1 unspecified atom stereocenters. The van der Waals surface area contributed by atoms with Crippen LogP contribution in [0.5, 0.6) is 0 Å². The summed E-state index contributed by atoms with van der Waals surface area (Å²) in [6, 6.07) is 7.70. The maximum Gasteiger partial charge on any atom is 0.295 e. The van der Waals surface area contributed by atoms with E-state index in [4.69, 9.17) is 4.42 Å². The van der Waals surface area contributed by atoms with Crippen molar-refractivity contribution >= 4 is 23.1 Å². The van der Waals surface area contributed by atoms with Crippen molar-refractivity contribution in [3.63, 3.8) is 0 Å². The van der Waals surface area contributed by atoms with Crippen molar-refractivity contribution in [2.75, 3.05) is 26.2 Å². The first-order chi connectivity index (χ1) is 14.8. The van der Waals surface area contributed by atoms with Gasteiger partial charge in [-0.2, -0.15) is 0 Å². The number of furan rings is 1. The Kier molecular flexibility index (Phi) is 6.55. The van der Waals surface area contributed by atoms with Gasteiger partial charge in [0, 0.05) is 30.8 Å². The zero-order chi connectivity index (χ0) is 22.7. The molecule has 2 aromatic rings. The maximum atomic E-state index is 12.9. The number of carbonyl (C=O) groups is 2. The van der Waals surface area contributed by atoms with E-state index in [2.05, 4.69) is 4.90 Å². The summed E-state index contributed by atoms with van der Waals surface area (Å²) >= 11 is 0. The summed E-state index contributed by atoms with van der Waals surface area (Å²) in [5, 5.41) is 21.8. The molecule has 1 aromatic carbocycles. The number of likely N-dealkylation sites (N-methyl/N-ethyl adjacent to an activating group) is 1. The van der Waals surface area contributed by atoms with Gasteiger partial charge in [-0.15, -0.1) is 0 Å². The lowest BCUT2D eigenvalue weighted by Crippen LogP contribution is -2.37. The Bertz CT molecular complexity index is 1020. The van der Waals surface area contributed by atoms with Crippen molar-refractivity contribution in [3.8, 4) is 0 Å². The molecule has 1 aliphatic heterocycles. The average Bonchev–Trinajstić information content (AvgIpc) is 3.30. The van der Waals surface area contributed by atoms with Crippen LogP contribution in [0.2, 0.25) is 0 Å². The Hall–Kier alpha value is -3.46. The second-order valence-electron chi connectivity index (χ2n) is 7.27. The number of aliphatic hydroxyl groups excluding tert-OH is 1. The van der Waals surface area contributed by atoms with Crippen LogP contribution in [-0.4, -0.2) is 57.7 Å². The molecule has 1 N–H and O–H groups in total. The number of amides is 1. The number of nitrogens with zero attached hydrogens (tertiary/aromatic N) is 3. The molecule has 1 atom stereocenters. The molecule has 0 bridgehead atoms. The molecule has 31 heavy (non-hydrogen) atoms. The van der Waals surface area contributed by atoms with Gasteiger partial charge in [-0.3, -0.25) is 19.7 Å². The number of hydrogen-bond acceptors (Lipinski definition) is 7. The molecule has 1 aromatic heterocycles. The van der Waals surface area contributed by atoms with E-state index in [1.807, 2.05) is 13.8 Å². The molecular weight excluding hydrogens is 402 g/mol. The molecule has 9 nitrogen and oxygen atoms in total. The Balaban J connectivity index is 2.06. The predicted molar refractivity (Wildman–Crippen MR) is 113 cm³/mol. The first-order valence-electron chi connectivity index (χ1n) is 10.1. The lowest BCUT2D eigenvalue weighted by molar-refractivity contribution is -0.384. The van der Waals surface area contributed by atoms with Crippen molar-refractivity contribution in [1.82, 2.24) is 9.80 Å².